The van der Waals surface area contributed by atoms with Crippen LogP contribution in [0.2, 0.25) is 0 Å². The Kier molecular flexibility index (Phi) is 4.14. The molecule has 1 N–H and O–H groups in total. The van der Waals surface area contributed by atoms with Gasteiger partial charge in [0.1, 0.15) is 11.6 Å². The van der Waals surface area contributed by atoms with E-state index in [1.165, 1.54) is 12.1 Å². The molecule has 0 bridgehead atoms. The van der Waals surface area contributed by atoms with Gasteiger partial charge in [0.05, 0.1) is 12.2 Å². The lowest BCUT2D eigenvalue weighted by molar-refractivity contribution is 0.0696. The number of ether oxygens (including phenoxy) is 1. The summed E-state index contributed by atoms with van der Waals surface area (Å²) in [4.78, 5) is 10.8. The fraction of sp³-hybridized carbons (Fsp3) is 0.250. The smallest absolute Gasteiger partial charge is 0.335 e. The van der Waals surface area contributed by atoms with Gasteiger partial charge in [-0.15, -0.1) is 0 Å². The van der Waals surface area contributed by atoms with Crippen LogP contribution in [0.1, 0.15) is 47.3 Å². The number of hydrogen-bond donors (Lipinski definition) is 1. The number of carbonyl (C=O) groups is 1. The first-order valence-electron chi connectivity index (χ1n) is 7.85. The monoisotopic (exact) mass is 326 g/mol. The molecule has 1 aliphatic heterocycles. The summed E-state index contributed by atoms with van der Waals surface area (Å²) in [6.07, 6.45) is 4.43. The van der Waals surface area contributed by atoms with Gasteiger partial charge < -0.3 is 9.84 Å². The minimum absolute atomic E-state index is 0.0474. The molecule has 0 radical (unpaired) electrons. The summed E-state index contributed by atoms with van der Waals surface area (Å²) >= 11 is 0. The van der Waals surface area contributed by atoms with E-state index in [-0.39, 0.29) is 11.0 Å². The molecule has 3 rings (SSSR count). The van der Waals surface area contributed by atoms with E-state index in [1.54, 1.807) is 6.08 Å². The van der Waals surface area contributed by atoms with Gasteiger partial charge in [0, 0.05) is 11.1 Å². The van der Waals surface area contributed by atoms with Gasteiger partial charge in [-0.1, -0.05) is 38.1 Å². The SMILES string of the molecule is CC1(C)CCOc2ccc(/C=C/c3ccc(C(=O)O)cc3F)cc21. The molecular formula is C20H19FO3. The predicted molar refractivity (Wildman–Crippen MR) is 91.9 cm³/mol. The lowest BCUT2D eigenvalue weighted by Crippen LogP contribution is -2.26. The maximum Gasteiger partial charge on any atom is 0.335 e. The topological polar surface area (TPSA) is 46.5 Å². The Hall–Kier alpha value is -2.62. The number of hydrogen-bond acceptors (Lipinski definition) is 2. The van der Waals surface area contributed by atoms with Gasteiger partial charge in [-0.3, -0.25) is 0 Å². The first-order valence-corrected chi connectivity index (χ1v) is 7.85. The highest BCUT2D eigenvalue weighted by Gasteiger charge is 2.28. The van der Waals surface area contributed by atoms with Crippen molar-refractivity contribution in [3.8, 4) is 5.75 Å². The Morgan fingerprint density at radius 3 is 2.71 bits per heavy atom. The molecule has 0 saturated carbocycles. The molecular weight excluding hydrogens is 307 g/mol. The first kappa shape index (κ1) is 16.2. The van der Waals surface area contributed by atoms with Crippen LogP contribution in [-0.4, -0.2) is 17.7 Å². The van der Waals surface area contributed by atoms with Crippen LogP contribution >= 0.6 is 0 Å². The summed E-state index contributed by atoms with van der Waals surface area (Å²) in [5.41, 5.74) is 2.45. The van der Waals surface area contributed by atoms with Gasteiger partial charge in [-0.2, -0.15) is 0 Å². The van der Waals surface area contributed by atoms with Crippen molar-refractivity contribution < 1.29 is 19.0 Å². The van der Waals surface area contributed by atoms with Crippen molar-refractivity contribution in [2.45, 2.75) is 25.7 Å². The van der Waals surface area contributed by atoms with Gasteiger partial charge >= 0.3 is 5.97 Å². The van der Waals surface area contributed by atoms with Crippen LogP contribution < -0.4 is 4.74 Å². The molecule has 4 heteroatoms. The molecule has 3 nitrogen and oxygen atoms in total. The van der Waals surface area contributed by atoms with Crippen LogP contribution in [0.15, 0.2) is 36.4 Å². The third kappa shape index (κ3) is 3.18. The van der Waals surface area contributed by atoms with Crippen LogP contribution in [0, 0.1) is 5.82 Å². The summed E-state index contributed by atoms with van der Waals surface area (Å²) in [5.74, 6) is -0.783. The van der Waals surface area contributed by atoms with Crippen LogP contribution in [0.4, 0.5) is 4.39 Å². The Labute approximate surface area is 140 Å². The molecule has 0 amide bonds. The summed E-state index contributed by atoms with van der Waals surface area (Å²) in [7, 11) is 0. The average molecular weight is 326 g/mol. The quantitative estimate of drug-likeness (QED) is 0.828. The van der Waals surface area contributed by atoms with E-state index in [2.05, 4.69) is 19.9 Å². The second-order valence-electron chi connectivity index (χ2n) is 6.61. The minimum atomic E-state index is -1.14. The molecule has 24 heavy (non-hydrogen) atoms. The fourth-order valence-electron chi connectivity index (χ4n) is 2.84. The Bertz CT molecular complexity index is 822. The van der Waals surface area contributed by atoms with E-state index < -0.39 is 11.8 Å². The Balaban J connectivity index is 1.89. The van der Waals surface area contributed by atoms with Gasteiger partial charge in [0.25, 0.3) is 0 Å². The van der Waals surface area contributed by atoms with Gasteiger partial charge in [0.15, 0.2) is 0 Å². The molecule has 1 aliphatic rings. The average Bonchev–Trinajstić information content (AvgIpc) is 2.53. The van der Waals surface area contributed by atoms with Crippen LogP contribution in [-0.2, 0) is 5.41 Å². The molecule has 2 aromatic rings. The van der Waals surface area contributed by atoms with Gasteiger partial charge in [0.2, 0.25) is 0 Å². The molecule has 1 heterocycles. The number of benzene rings is 2. The molecule has 0 aliphatic carbocycles. The van der Waals surface area contributed by atoms with E-state index in [0.29, 0.717) is 5.56 Å². The molecule has 0 aromatic heterocycles. The van der Waals surface area contributed by atoms with Crippen molar-refractivity contribution in [1.29, 1.82) is 0 Å². The fourth-order valence-corrected chi connectivity index (χ4v) is 2.84. The van der Waals surface area contributed by atoms with Crippen LogP contribution in [0.25, 0.3) is 12.2 Å². The maximum atomic E-state index is 14.0. The molecule has 0 unspecified atom stereocenters. The zero-order valence-corrected chi connectivity index (χ0v) is 13.7. The lowest BCUT2D eigenvalue weighted by atomic mass is 9.79. The number of aromatic carboxylic acids is 1. The van der Waals surface area contributed by atoms with Crippen molar-refractivity contribution in [2.75, 3.05) is 6.61 Å². The Morgan fingerprint density at radius 2 is 2.00 bits per heavy atom. The zero-order valence-electron chi connectivity index (χ0n) is 13.7. The van der Waals surface area contributed by atoms with E-state index in [9.17, 15) is 9.18 Å². The molecule has 0 spiro atoms. The van der Waals surface area contributed by atoms with Crippen molar-refractivity contribution >= 4 is 18.1 Å². The normalized spacial score (nSPS) is 15.8. The zero-order chi connectivity index (χ0) is 17.3. The number of fused-ring (bicyclic) bond motifs is 1. The number of carboxylic acids is 1. The van der Waals surface area contributed by atoms with Gasteiger partial charge in [-0.05, 0) is 41.7 Å². The highest BCUT2D eigenvalue weighted by molar-refractivity contribution is 5.88. The molecule has 0 fully saturated rings. The summed E-state index contributed by atoms with van der Waals surface area (Å²) < 4.78 is 19.7. The Morgan fingerprint density at radius 1 is 1.21 bits per heavy atom. The van der Waals surface area contributed by atoms with Crippen molar-refractivity contribution in [2.24, 2.45) is 0 Å². The van der Waals surface area contributed by atoms with E-state index in [1.807, 2.05) is 18.2 Å². The predicted octanol–water partition coefficient (Wildman–Crippen LogP) is 4.75. The number of rotatable bonds is 3. The minimum Gasteiger partial charge on any atom is -0.493 e. The van der Waals surface area contributed by atoms with Crippen molar-refractivity contribution in [3.05, 3.63) is 64.5 Å². The molecule has 2 aromatic carbocycles. The molecule has 0 atom stereocenters. The second kappa shape index (κ2) is 6.11. The summed E-state index contributed by atoms with van der Waals surface area (Å²) in [6.45, 7) is 5.09. The highest BCUT2D eigenvalue weighted by atomic mass is 19.1. The molecule has 124 valence electrons. The third-order valence-corrected chi connectivity index (χ3v) is 4.42. The summed E-state index contributed by atoms with van der Waals surface area (Å²) in [5, 5.41) is 8.87. The van der Waals surface area contributed by atoms with Crippen molar-refractivity contribution in [1.82, 2.24) is 0 Å². The lowest BCUT2D eigenvalue weighted by Gasteiger charge is -2.32. The number of halogens is 1. The standard InChI is InChI=1S/C20H19FO3/c1-20(2)9-10-24-18-8-4-13(11-16(18)20)3-5-14-6-7-15(19(22)23)12-17(14)21/h3-8,11-12H,9-10H2,1-2H3,(H,22,23)/b5-3+. The maximum absolute atomic E-state index is 14.0. The number of carboxylic acid groups (broad SMARTS) is 1. The van der Waals surface area contributed by atoms with Crippen molar-refractivity contribution in [3.63, 3.8) is 0 Å². The van der Waals surface area contributed by atoms with E-state index in [4.69, 9.17) is 9.84 Å². The largest absolute Gasteiger partial charge is 0.493 e. The molecule has 0 saturated heterocycles. The van der Waals surface area contributed by atoms with Crippen LogP contribution in [0.5, 0.6) is 5.75 Å². The first-order chi connectivity index (χ1) is 11.4. The summed E-state index contributed by atoms with van der Waals surface area (Å²) in [6, 6.07) is 9.84. The highest BCUT2D eigenvalue weighted by Crippen LogP contribution is 2.38. The third-order valence-electron chi connectivity index (χ3n) is 4.42. The van der Waals surface area contributed by atoms with Crippen LogP contribution in [0.3, 0.4) is 0 Å². The van der Waals surface area contributed by atoms with E-state index in [0.717, 1.165) is 36.0 Å². The van der Waals surface area contributed by atoms with Gasteiger partial charge in [-0.25, -0.2) is 9.18 Å². The van der Waals surface area contributed by atoms with E-state index >= 15 is 0 Å². The second-order valence-corrected chi connectivity index (χ2v) is 6.61.